The summed E-state index contributed by atoms with van der Waals surface area (Å²) >= 11 is 6.34. The van der Waals surface area contributed by atoms with Crippen LogP contribution in [0.3, 0.4) is 0 Å². The summed E-state index contributed by atoms with van der Waals surface area (Å²) in [6.07, 6.45) is 0. The highest BCUT2D eigenvalue weighted by molar-refractivity contribution is 6.51. The van der Waals surface area contributed by atoms with Crippen molar-refractivity contribution in [1.82, 2.24) is 0 Å². The number of benzene rings is 3. The fourth-order valence-electron chi connectivity index (χ4n) is 4.10. The number of halogens is 1. The monoisotopic (exact) mass is 493 g/mol. The van der Waals surface area contributed by atoms with Crippen molar-refractivity contribution < 1.29 is 28.9 Å². The fourth-order valence-corrected chi connectivity index (χ4v) is 4.27. The van der Waals surface area contributed by atoms with Crippen LogP contribution in [0.25, 0.3) is 5.76 Å². The van der Waals surface area contributed by atoms with E-state index in [0.717, 1.165) is 5.56 Å². The summed E-state index contributed by atoms with van der Waals surface area (Å²) < 4.78 is 16.0. The molecule has 1 aliphatic heterocycles. The van der Waals surface area contributed by atoms with Gasteiger partial charge in [-0.2, -0.15) is 0 Å². The molecule has 0 aliphatic carbocycles. The highest BCUT2D eigenvalue weighted by atomic mass is 35.5. The summed E-state index contributed by atoms with van der Waals surface area (Å²) in [7, 11) is 4.50. The summed E-state index contributed by atoms with van der Waals surface area (Å²) in [5.41, 5.74) is 2.09. The molecule has 0 bridgehead atoms. The van der Waals surface area contributed by atoms with E-state index < -0.39 is 17.7 Å². The van der Waals surface area contributed by atoms with Crippen molar-refractivity contribution in [2.24, 2.45) is 0 Å². The van der Waals surface area contributed by atoms with E-state index >= 15 is 0 Å². The number of aliphatic hydroxyl groups excluding tert-OH is 1. The first-order valence-corrected chi connectivity index (χ1v) is 11.1. The van der Waals surface area contributed by atoms with Crippen LogP contribution in [0, 0.1) is 6.92 Å². The summed E-state index contributed by atoms with van der Waals surface area (Å²) in [5.74, 6) is -0.558. The first-order chi connectivity index (χ1) is 16.8. The highest BCUT2D eigenvalue weighted by Gasteiger charge is 2.47. The molecule has 35 heavy (non-hydrogen) atoms. The molecule has 8 heteroatoms. The van der Waals surface area contributed by atoms with E-state index in [9.17, 15) is 14.7 Å². The zero-order valence-corrected chi connectivity index (χ0v) is 20.4. The smallest absolute Gasteiger partial charge is 0.300 e. The summed E-state index contributed by atoms with van der Waals surface area (Å²) in [6.45, 7) is 1.84. The topological polar surface area (TPSA) is 85.3 Å². The van der Waals surface area contributed by atoms with Crippen molar-refractivity contribution in [3.8, 4) is 17.2 Å². The first kappa shape index (κ1) is 24.2. The molecule has 1 atom stereocenters. The predicted octanol–water partition coefficient (Wildman–Crippen LogP) is 5.30. The Morgan fingerprint density at radius 3 is 2.31 bits per heavy atom. The van der Waals surface area contributed by atoms with Crippen LogP contribution in [-0.4, -0.2) is 38.1 Å². The lowest BCUT2D eigenvalue weighted by atomic mass is 9.94. The van der Waals surface area contributed by atoms with Crippen LogP contribution in [-0.2, 0) is 9.59 Å². The van der Waals surface area contributed by atoms with Gasteiger partial charge in [-0.3, -0.25) is 14.5 Å². The molecule has 180 valence electrons. The van der Waals surface area contributed by atoms with Gasteiger partial charge in [0.2, 0.25) is 0 Å². The Hall–Kier alpha value is -3.97. The second kappa shape index (κ2) is 9.72. The lowest BCUT2D eigenvalue weighted by Gasteiger charge is -2.26. The molecule has 0 radical (unpaired) electrons. The van der Waals surface area contributed by atoms with Gasteiger partial charge in [-0.15, -0.1) is 0 Å². The summed E-state index contributed by atoms with van der Waals surface area (Å²) in [5, 5.41) is 11.8. The number of ketones is 1. The highest BCUT2D eigenvalue weighted by Crippen LogP contribution is 2.44. The van der Waals surface area contributed by atoms with Crippen molar-refractivity contribution in [1.29, 1.82) is 0 Å². The summed E-state index contributed by atoms with van der Waals surface area (Å²) in [4.78, 5) is 28.0. The number of anilines is 1. The van der Waals surface area contributed by atoms with E-state index in [1.165, 1.54) is 26.2 Å². The molecule has 1 fully saturated rings. The molecule has 1 saturated heterocycles. The predicted molar refractivity (Wildman–Crippen MR) is 134 cm³/mol. The third-order valence-corrected chi connectivity index (χ3v) is 6.35. The van der Waals surface area contributed by atoms with E-state index in [4.69, 9.17) is 25.8 Å². The van der Waals surface area contributed by atoms with Gasteiger partial charge in [0.05, 0.1) is 32.9 Å². The van der Waals surface area contributed by atoms with Gasteiger partial charge in [-0.1, -0.05) is 29.8 Å². The number of carbonyl (C=O) groups excluding carboxylic acids is 2. The van der Waals surface area contributed by atoms with Crippen molar-refractivity contribution in [2.75, 3.05) is 26.2 Å². The third-order valence-electron chi connectivity index (χ3n) is 5.94. The Bertz CT molecular complexity index is 1350. The van der Waals surface area contributed by atoms with E-state index in [-0.39, 0.29) is 11.3 Å². The van der Waals surface area contributed by atoms with Gasteiger partial charge in [-0.05, 0) is 60.5 Å². The number of aliphatic hydroxyl groups is 1. The van der Waals surface area contributed by atoms with Gasteiger partial charge in [-0.25, -0.2) is 0 Å². The van der Waals surface area contributed by atoms with E-state index in [1.807, 2.05) is 6.92 Å². The minimum atomic E-state index is -0.919. The molecule has 1 heterocycles. The standard InChI is InChI=1S/C27H24ClNO6/c1-15-8-10-18(14-20(15)28)29-24(16-6-5-7-19(12-16)33-2)23(26(31)27(29)32)25(30)17-9-11-21(34-3)22(13-17)35-4/h5-14,24,30H,1-4H3/b25-23+. The van der Waals surface area contributed by atoms with Crippen LogP contribution in [0.1, 0.15) is 22.7 Å². The van der Waals surface area contributed by atoms with Crippen molar-refractivity contribution >= 4 is 34.7 Å². The molecule has 3 aromatic rings. The molecule has 3 aromatic carbocycles. The third kappa shape index (κ3) is 4.31. The minimum absolute atomic E-state index is 0.0628. The van der Waals surface area contributed by atoms with Crippen LogP contribution in [0.4, 0.5) is 5.69 Å². The molecule has 1 unspecified atom stereocenters. The average Bonchev–Trinajstić information content (AvgIpc) is 3.15. The molecule has 1 amide bonds. The van der Waals surface area contributed by atoms with Gasteiger partial charge < -0.3 is 19.3 Å². The Labute approximate surface area is 208 Å². The van der Waals surface area contributed by atoms with Gasteiger partial charge in [0, 0.05) is 16.3 Å². The number of hydrogen-bond acceptors (Lipinski definition) is 6. The van der Waals surface area contributed by atoms with E-state index in [0.29, 0.717) is 39.1 Å². The number of nitrogens with zero attached hydrogens (tertiary/aromatic N) is 1. The van der Waals surface area contributed by atoms with Crippen LogP contribution in [0.5, 0.6) is 17.2 Å². The molecule has 0 spiro atoms. The lowest BCUT2D eigenvalue weighted by molar-refractivity contribution is -0.132. The molecule has 1 N–H and O–H groups in total. The first-order valence-electron chi connectivity index (χ1n) is 10.7. The second-order valence-electron chi connectivity index (χ2n) is 7.95. The van der Waals surface area contributed by atoms with Crippen LogP contribution in [0.2, 0.25) is 5.02 Å². The zero-order valence-electron chi connectivity index (χ0n) is 19.7. The van der Waals surface area contributed by atoms with E-state index in [1.54, 1.807) is 60.7 Å². The molecule has 0 saturated carbocycles. The number of amides is 1. The number of carbonyl (C=O) groups is 2. The molecule has 7 nitrogen and oxygen atoms in total. The largest absolute Gasteiger partial charge is 0.507 e. The Morgan fingerprint density at radius 1 is 0.914 bits per heavy atom. The number of methoxy groups -OCH3 is 3. The molecule has 1 aliphatic rings. The van der Waals surface area contributed by atoms with Gasteiger partial charge in [0.15, 0.2) is 11.5 Å². The maximum atomic E-state index is 13.3. The number of rotatable bonds is 6. The molecule has 4 rings (SSSR count). The second-order valence-corrected chi connectivity index (χ2v) is 8.36. The zero-order chi connectivity index (χ0) is 25.3. The number of Topliss-reactive ketones (excluding diaryl/α,β-unsaturated/α-hetero) is 1. The quantitative estimate of drug-likeness (QED) is 0.285. The van der Waals surface area contributed by atoms with E-state index in [2.05, 4.69) is 0 Å². The van der Waals surface area contributed by atoms with Crippen molar-refractivity contribution in [2.45, 2.75) is 13.0 Å². The van der Waals surface area contributed by atoms with Crippen molar-refractivity contribution in [3.63, 3.8) is 0 Å². The number of ether oxygens (including phenoxy) is 3. The van der Waals surface area contributed by atoms with Gasteiger partial charge >= 0.3 is 0 Å². The average molecular weight is 494 g/mol. The Morgan fingerprint density at radius 2 is 1.66 bits per heavy atom. The lowest BCUT2D eigenvalue weighted by Crippen LogP contribution is -2.29. The Kier molecular flexibility index (Phi) is 6.71. The number of aryl methyl sites for hydroxylation is 1. The maximum Gasteiger partial charge on any atom is 0.300 e. The minimum Gasteiger partial charge on any atom is -0.507 e. The van der Waals surface area contributed by atoms with Gasteiger partial charge in [0.1, 0.15) is 11.5 Å². The Balaban J connectivity index is 1.96. The molecular formula is C27H24ClNO6. The fraction of sp³-hybridized carbons (Fsp3) is 0.185. The molecule has 0 aromatic heterocycles. The maximum absolute atomic E-state index is 13.3. The van der Waals surface area contributed by atoms with Crippen LogP contribution < -0.4 is 19.1 Å². The van der Waals surface area contributed by atoms with Crippen LogP contribution >= 0.6 is 11.6 Å². The van der Waals surface area contributed by atoms with Gasteiger partial charge in [0.25, 0.3) is 11.7 Å². The summed E-state index contributed by atoms with van der Waals surface area (Å²) in [6, 6.07) is 16.0. The molecular weight excluding hydrogens is 470 g/mol. The normalized spacial score (nSPS) is 16.9. The van der Waals surface area contributed by atoms with Crippen LogP contribution in [0.15, 0.2) is 66.2 Å². The number of hydrogen-bond donors (Lipinski definition) is 1. The van der Waals surface area contributed by atoms with Crippen molar-refractivity contribution in [3.05, 3.63) is 87.9 Å². The SMILES string of the molecule is COc1cccc(C2/C(=C(\O)c3ccc(OC)c(OC)c3)C(=O)C(=O)N2c2ccc(C)c(Cl)c2)c1.